The third-order valence-electron chi connectivity index (χ3n) is 2.88. The van der Waals surface area contributed by atoms with E-state index >= 15 is 0 Å². The highest BCUT2D eigenvalue weighted by Gasteiger charge is 2.13. The van der Waals surface area contributed by atoms with E-state index in [2.05, 4.69) is 4.90 Å². The lowest BCUT2D eigenvalue weighted by atomic mass is 10.1. The van der Waals surface area contributed by atoms with E-state index in [1.165, 1.54) is 6.92 Å². The molecule has 1 aliphatic rings. The summed E-state index contributed by atoms with van der Waals surface area (Å²) in [6.07, 6.45) is 0.287. The van der Waals surface area contributed by atoms with Crippen molar-refractivity contribution >= 4 is 11.5 Å². The fourth-order valence-electron chi connectivity index (χ4n) is 1.99. The average Bonchev–Trinajstić information content (AvgIpc) is 2.32. The SMILES string of the molecule is CC(=O)Cc1ccc(N2CCOCC2)cc1O. The molecule has 0 saturated carbocycles. The number of phenols is 1. The summed E-state index contributed by atoms with van der Waals surface area (Å²) in [6.45, 7) is 4.64. The molecule has 2 rings (SSSR count). The summed E-state index contributed by atoms with van der Waals surface area (Å²) in [4.78, 5) is 13.2. The molecule has 0 aliphatic carbocycles. The van der Waals surface area contributed by atoms with Gasteiger partial charge in [0.05, 0.1) is 13.2 Å². The van der Waals surface area contributed by atoms with Crippen LogP contribution < -0.4 is 4.90 Å². The lowest BCUT2D eigenvalue weighted by molar-refractivity contribution is -0.116. The minimum atomic E-state index is 0.0550. The molecule has 17 heavy (non-hydrogen) atoms. The van der Waals surface area contributed by atoms with Gasteiger partial charge >= 0.3 is 0 Å². The van der Waals surface area contributed by atoms with Crippen LogP contribution in [0.3, 0.4) is 0 Å². The second-order valence-electron chi connectivity index (χ2n) is 4.29. The van der Waals surface area contributed by atoms with Crippen LogP contribution in [0, 0.1) is 0 Å². The van der Waals surface area contributed by atoms with Crippen molar-refractivity contribution in [2.75, 3.05) is 31.2 Å². The van der Waals surface area contributed by atoms with Gasteiger partial charge in [0, 0.05) is 36.8 Å². The Hall–Kier alpha value is -1.55. The molecule has 0 radical (unpaired) electrons. The summed E-state index contributed by atoms with van der Waals surface area (Å²) in [7, 11) is 0. The van der Waals surface area contributed by atoms with Crippen molar-refractivity contribution in [3.8, 4) is 5.75 Å². The average molecular weight is 235 g/mol. The zero-order valence-electron chi connectivity index (χ0n) is 9.98. The number of anilines is 1. The smallest absolute Gasteiger partial charge is 0.134 e. The van der Waals surface area contributed by atoms with Crippen LogP contribution in [0.1, 0.15) is 12.5 Å². The van der Waals surface area contributed by atoms with Gasteiger partial charge in [0.15, 0.2) is 0 Å². The maximum absolute atomic E-state index is 11.0. The van der Waals surface area contributed by atoms with Gasteiger partial charge in [-0.05, 0) is 13.0 Å². The molecule has 1 aromatic rings. The van der Waals surface area contributed by atoms with Crippen LogP contribution in [0.25, 0.3) is 0 Å². The molecule has 0 unspecified atom stereocenters. The number of carbonyl (C=O) groups excluding carboxylic acids is 1. The number of ketones is 1. The highest BCUT2D eigenvalue weighted by atomic mass is 16.5. The molecule has 0 spiro atoms. The maximum atomic E-state index is 11.0. The van der Waals surface area contributed by atoms with E-state index in [1.54, 1.807) is 6.07 Å². The molecule has 1 aliphatic heterocycles. The van der Waals surface area contributed by atoms with Gasteiger partial charge in [-0.3, -0.25) is 4.79 Å². The zero-order valence-corrected chi connectivity index (χ0v) is 9.98. The van der Waals surface area contributed by atoms with Crippen molar-refractivity contribution < 1.29 is 14.6 Å². The molecule has 0 atom stereocenters. The van der Waals surface area contributed by atoms with E-state index in [9.17, 15) is 9.90 Å². The monoisotopic (exact) mass is 235 g/mol. The number of carbonyl (C=O) groups is 1. The van der Waals surface area contributed by atoms with Crippen LogP contribution in [0.2, 0.25) is 0 Å². The first kappa shape index (κ1) is 11.9. The van der Waals surface area contributed by atoms with Gasteiger partial charge in [-0.15, -0.1) is 0 Å². The third kappa shape index (κ3) is 2.97. The normalized spacial score (nSPS) is 15.9. The standard InChI is InChI=1S/C13H17NO3/c1-10(15)8-11-2-3-12(9-13(11)16)14-4-6-17-7-5-14/h2-3,9,16H,4-8H2,1H3. The lowest BCUT2D eigenvalue weighted by Crippen LogP contribution is -2.36. The maximum Gasteiger partial charge on any atom is 0.134 e. The minimum Gasteiger partial charge on any atom is -0.508 e. The minimum absolute atomic E-state index is 0.0550. The molecule has 1 saturated heterocycles. The van der Waals surface area contributed by atoms with Gasteiger partial charge in [0.1, 0.15) is 11.5 Å². The third-order valence-corrected chi connectivity index (χ3v) is 2.88. The first-order chi connectivity index (χ1) is 8.16. The largest absolute Gasteiger partial charge is 0.508 e. The molecule has 1 N–H and O–H groups in total. The van der Waals surface area contributed by atoms with Gasteiger partial charge in [-0.2, -0.15) is 0 Å². The van der Waals surface area contributed by atoms with Gasteiger partial charge < -0.3 is 14.7 Å². The number of phenolic OH excluding ortho intramolecular Hbond substituents is 1. The fraction of sp³-hybridized carbons (Fsp3) is 0.462. The lowest BCUT2D eigenvalue weighted by Gasteiger charge is -2.29. The number of morpholine rings is 1. The second-order valence-corrected chi connectivity index (χ2v) is 4.29. The van der Waals surface area contributed by atoms with Crippen molar-refractivity contribution in [1.29, 1.82) is 0 Å². The van der Waals surface area contributed by atoms with E-state index in [-0.39, 0.29) is 18.0 Å². The Kier molecular flexibility index (Phi) is 3.64. The first-order valence-electron chi connectivity index (χ1n) is 5.81. The molecule has 1 fully saturated rings. The number of Topliss-reactive ketones (excluding diaryl/α,β-unsaturated/α-hetero) is 1. The highest BCUT2D eigenvalue weighted by molar-refractivity contribution is 5.79. The molecule has 92 valence electrons. The van der Waals surface area contributed by atoms with Crippen LogP contribution in [-0.2, 0) is 16.0 Å². The molecule has 4 nitrogen and oxygen atoms in total. The topological polar surface area (TPSA) is 49.8 Å². The summed E-state index contributed by atoms with van der Waals surface area (Å²) >= 11 is 0. The fourth-order valence-corrected chi connectivity index (χ4v) is 1.99. The molecular weight excluding hydrogens is 218 g/mol. The molecule has 4 heteroatoms. The molecule has 1 heterocycles. The molecule has 1 aromatic carbocycles. The van der Waals surface area contributed by atoms with E-state index in [0.29, 0.717) is 5.56 Å². The summed E-state index contributed by atoms with van der Waals surface area (Å²) in [6, 6.07) is 5.49. The molecule has 0 bridgehead atoms. The predicted octanol–water partition coefficient (Wildman–Crippen LogP) is 1.36. The number of rotatable bonds is 3. The number of benzene rings is 1. The molecule has 0 amide bonds. The van der Waals surface area contributed by atoms with Crippen LogP contribution >= 0.6 is 0 Å². The van der Waals surface area contributed by atoms with Gasteiger partial charge in [0.25, 0.3) is 0 Å². The van der Waals surface area contributed by atoms with Gasteiger partial charge in [0.2, 0.25) is 0 Å². The van der Waals surface area contributed by atoms with Crippen molar-refractivity contribution in [2.45, 2.75) is 13.3 Å². The number of hydrogen-bond acceptors (Lipinski definition) is 4. The number of nitrogens with zero attached hydrogens (tertiary/aromatic N) is 1. The van der Waals surface area contributed by atoms with E-state index in [4.69, 9.17) is 4.74 Å². The van der Waals surface area contributed by atoms with E-state index in [0.717, 1.165) is 32.0 Å². The number of aromatic hydroxyl groups is 1. The van der Waals surface area contributed by atoms with Crippen LogP contribution in [0.15, 0.2) is 18.2 Å². The van der Waals surface area contributed by atoms with Gasteiger partial charge in [-0.25, -0.2) is 0 Å². The van der Waals surface area contributed by atoms with Crippen LogP contribution in [0.5, 0.6) is 5.75 Å². The predicted molar refractivity (Wildman–Crippen MR) is 65.5 cm³/mol. The summed E-state index contributed by atoms with van der Waals surface area (Å²) in [5.41, 5.74) is 1.67. The zero-order chi connectivity index (χ0) is 12.3. The Morgan fingerprint density at radius 3 is 2.71 bits per heavy atom. The van der Waals surface area contributed by atoms with E-state index < -0.39 is 0 Å². The van der Waals surface area contributed by atoms with Crippen LogP contribution in [0.4, 0.5) is 5.69 Å². The molecular formula is C13H17NO3. The summed E-state index contributed by atoms with van der Waals surface area (Å²) in [5.74, 6) is 0.253. The Morgan fingerprint density at radius 2 is 2.12 bits per heavy atom. The second kappa shape index (κ2) is 5.19. The Labute approximate surface area is 101 Å². The first-order valence-corrected chi connectivity index (χ1v) is 5.81. The van der Waals surface area contributed by atoms with Crippen molar-refractivity contribution in [1.82, 2.24) is 0 Å². The van der Waals surface area contributed by atoms with Crippen molar-refractivity contribution in [3.63, 3.8) is 0 Å². The Bertz CT molecular complexity index is 411. The van der Waals surface area contributed by atoms with Crippen molar-refractivity contribution in [2.24, 2.45) is 0 Å². The number of ether oxygens (including phenoxy) is 1. The van der Waals surface area contributed by atoms with E-state index in [1.807, 2.05) is 12.1 Å². The summed E-state index contributed by atoms with van der Waals surface area (Å²) < 4.78 is 5.28. The Balaban J connectivity index is 2.14. The van der Waals surface area contributed by atoms with Gasteiger partial charge in [-0.1, -0.05) is 6.07 Å². The van der Waals surface area contributed by atoms with Crippen LogP contribution in [-0.4, -0.2) is 37.2 Å². The number of hydrogen-bond donors (Lipinski definition) is 1. The molecule has 0 aromatic heterocycles. The van der Waals surface area contributed by atoms with Crippen molar-refractivity contribution in [3.05, 3.63) is 23.8 Å². The quantitative estimate of drug-likeness (QED) is 0.859. The highest BCUT2D eigenvalue weighted by Crippen LogP contribution is 2.25. The Morgan fingerprint density at radius 1 is 1.41 bits per heavy atom. The summed E-state index contributed by atoms with van der Waals surface area (Å²) in [5, 5.41) is 9.86.